The van der Waals surface area contributed by atoms with Gasteiger partial charge in [-0.05, 0) is 33.3 Å². The minimum Gasteiger partial charge on any atom is -0.466 e. The molecule has 2 N–H and O–H groups in total. The lowest BCUT2D eigenvalue weighted by Crippen LogP contribution is -2.45. The number of hydrogen-bond acceptors (Lipinski definition) is 3. The van der Waals surface area contributed by atoms with Gasteiger partial charge < -0.3 is 20.0 Å². The Labute approximate surface area is 167 Å². The van der Waals surface area contributed by atoms with Gasteiger partial charge in [0.15, 0.2) is 5.96 Å². The topological polar surface area (TPSA) is 69.9 Å². The Morgan fingerprint density at radius 3 is 2.72 bits per heavy atom. The molecule has 0 aromatic carbocycles. The predicted octanol–water partition coefficient (Wildman–Crippen LogP) is 2.83. The summed E-state index contributed by atoms with van der Waals surface area (Å²) in [5.74, 6) is 2.90. The molecule has 0 saturated carbocycles. The average Bonchev–Trinajstić information content (AvgIpc) is 3.10. The molecule has 1 atom stereocenters. The lowest BCUT2D eigenvalue weighted by atomic mass is 10.2. The maximum Gasteiger partial charge on any atom is 0.225 e. The summed E-state index contributed by atoms with van der Waals surface area (Å²) in [7, 11) is 0. The first-order valence-corrected chi connectivity index (χ1v) is 8.80. The zero-order chi connectivity index (χ0) is 17.7. The van der Waals surface area contributed by atoms with E-state index < -0.39 is 0 Å². The Morgan fingerprint density at radius 1 is 1.44 bits per heavy atom. The van der Waals surface area contributed by atoms with Crippen molar-refractivity contribution in [3.05, 3.63) is 23.2 Å². The molecule has 1 aliphatic heterocycles. The van der Waals surface area contributed by atoms with Gasteiger partial charge in [0.1, 0.15) is 11.5 Å². The summed E-state index contributed by atoms with van der Waals surface area (Å²) < 4.78 is 5.55. The number of amides is 1. The largest absolute Gasteiger partial charge is 0.466 e. The predicted molar refractivity (Wildman–Crippen MR) is 111 cm³/mol. The van der Waals surface area contributed by atoms with Crippen molar-refractivity contribution in [1.29, 1.82) is 0 Å². The highest BCUT2D eigenvalue weighted by Crippen LogP contribution is 2.15. The highest BCUT2D eigenvalue weighted by Gasteiger charge is 2.27. The van der Waals surface area contributed by atoms with E-state index in [-0.39, 0.29) is 41.8 Å². The van der Waals surface area contributed by atoms with Gasteiger partial charge in [-0.3, -0.25) is 4.79 Å². The molecular weight excluding hydrogens is 431 g/mol. The zero-order valence-electron chi connectivity index (χ0n) is 15.9. The number of carbonyl (C=O) groups excluding carboxylic acids is 1. The molecule has 1 aliphatic rings. The highest BCUT2D eigenvalue weighted by atomic mass is 127. The number of aryl methyl sites for hydroxylation is 2. The van der Waals surface area contributed by atoms with E-state index in [1.807, 2.05) is 45.6 Å². The van der Waals surface area contributed by atoms with E-state index in [4.69, 9.17) is 4.42 Å². The number of rotatable bonds is 5. The second kappa shape index (κ2) is 10.0. The van der Waals surface area contributed by atoms with E-state index in [1.54, 1.807) is 0 Å². The van der Waals surface area contributed by atoms with Crippen molar-refractivity contribution < 1.29 is 9.21 Å². The number of halogens is 1. The molecule has 2 heterocycles. The van der Waals surface area contributed by atoms with Gasteiger partial charge in [0, 0.05) is 37.2 Å². The highest BCUT2D eigenvalue weighted by molar-refractivity contribution is 14.0. The summed E-state index contributed by atoms with van der Waals surface area (Å²) in [6, 6.07) is 2.28. The van der Waals surface area contributed by atoms with Gasteiger partial charge in [-0.2, -0.15) is 0 Å². The van der Waals surface area contributed by atoms with Crippen LogP contribution in [0.4, 0.5) is 0 Å². The van der Waals surface area contributed by atoms with Crippen LogP contribution >= 0.6 is 24.0 Å². The number of furan rings is 1. The molecule has 1 unspecified atom stereocenters. The maximum absolute atomic E-state index is 12.1. The number of aliphatic imine (C=N–C) groups is 1. The van der Waals surface area contributed by atoms with Gasteiger partial charge in [0.2, 0.25) is 5.91 Å². The second-order valence-electron chi connectivity index (χ2n) is 6.70. The lowest BCUT2D eigenvalue weighted by molar-refractivity contribution is -0.133. The van der Waals surface area contributed by atoms with Gasteiger partial charge in [-0.25, -0.2) is 4.99 Å². The van der Waals surface area contributed by atoms with Gasteiger partial charge >= 0.3 is 0 Å². The first kappa shape index (κ1) is 21.8. The standard InChI is InChI=1S/C18H30N4O2.HI/c1-6-19-18(20-10-15-9-13(4)24-14(15)5)21-16-7-8-22(11-16)17(23)12(2)3;/h9,12,16H,6-8,10-11H2,1-5H3,(H2,19,20,21);1H. The second-order valence-corrected chi connectivity index (χ2v) is 6.70. The molecule has 1 amide bonds. The molecule has 2 rings (SSSR count). The van der Waals surface area contributed by atoms with Crippen LogP contribution < -0.4 is 10.6 Å². The quantitative estimate of drug-likeness (QED) is 0.401. The van der Waals surface area contributed by atoms with Crippen molar-refractivity contribution in [1.82, 2.24) is 15.5 Å². The summed E-state index contributed by atoms with van der Waals surface area (Å²) in [6.45, 7) is 12.8. The number of carbonyl (C=O) groups is 1. The van der Waals surface area contributed by atoms with Crippen LogP contribution in [0.1, 0.15) is 44.3 Å². The summed E-state index contributed by atoms with van der Waals surface area (Å²) in [5, 5.41) is 6.73. The van der Waals surface area contributed by atoms with Crippen LogP contribution in [-0.2, 0) is 11.3 Å². The van der Waals surface area contributed by atoms with Gasteiger partial charge in [-0.15, -0.1) is 24.0 Å². The zero-order valence-corrected chi connectivity index (χ0v) is 18.2. The molecule has 7 heteroatoms. The fraction of sp³-hybridized carbons (Fsp3) is 0.667. The molecule has 25 heavy (non-hydrogen) atoms. The van der Waals surface area contributed by atoms with Crippen LogP contribution in [-0.4, -0.2) is 42.4 Å². The van der Waals surface area contributed by atoms with E-state index in [0.717, 1.165) is 49.1 Å². The van der Waals surface area contributed by atoms with Crippen LogP contribution in [0, 0.1) is 19.8 Å². The van der Waals surface area contributed by atoms with E-state index >= 15 is 0 Å². The van der Waals surface area contributed by atoms with Crippen LogP contribution in [0.3, 0.4) is 0 Å². The first-order valence-electron chi connectivity index (χ1n) is 8.80. The molecule has 1 saturated heterocycles. The Balaban J connectivity index is 0.00000312. The fourth-order valence-electron chi connectivity index (χ4n) is 2.96. The van der Waals surface area contributed by atoms with Crippen molar-refractivity contribution >= 4 is 35.8 Å². The van der Waals surface area contributed by atoms with Gasteiger partial charge in [-0.1, -0.05) is 13.8 Å². The van der Waals surface area contributed by atoms with E-state index in [0.29, 0.717) is 6.54 Å². The first-order chi connectivity index (χ1) is 11.4. The number of nitrogens with zero attached hydrogens (tertiary/aromatic N) is 2. The Hall–Kier alpha value is -1.25. The van der Waals surface area contributed by atoms with Crippen LogP contribution in [0.15, 0.2) is 15.5 Å². The number of likely N-dealkylation sites (tertiary alicyclic amines) is 1. The Kier molecular flexibility index (Phi) is 8.75. The minimum absolute atomic E-state index is 0. The molecular formula is C18H31IN4O2. The molecule has 0 radical (unpaired) electrons. The SMILES string of the molecule is CCNC(=NCc1cc(C)oc1C)NC1CCN(C(=O)C(C)C)C1.I. The van der Waals surface area contributed by atoms with Gasteiger partial charge in [0.25, 0.3) is 0 Å². The number of hydrogen-bond donors (Lipinski definition) is 2. The Bertz CT molecular complexity index is 598. The lowest BCUT2D eigenvalue weighted by Gasteiger charge is -2.20. The average molecular weight is 462 g/mol. The molecule has 0 aliphatic carbocycles. The van der Waals surface area contributed by atoms with Crippen molar-refractivity contribution in [2.24, 2.45) is 10.9 Å². The normalized spacial score (nSPS) is 17.6. The summed E-state index contributed by atoms with van der Waals surface area (Å²) in [6.07, 6.45) is 0.951. The van der Waals surface area contributed by atoms with Crippen molar-refractivity contribution in [3.63, 3.8) is 0 Å². The van der Waals surface area contributed by atoms with E-state index in [1.165, 1.54) is 0 Å². The molecule has 1 aromatic rings. The van der Waals surface area contributed by atoms with Crippen molar-refractivity contribution in [3.8, 4) is 0 Å². The van der Waals surface area contributed by atoms with Crippen LogP contribution in [0.2, 0.25) is 0 Å². The third-order valence-electron chi connectivity index (χ3n) is 4.23. The third kappa shape index (κ3) is 6.20. The molecule has 0 spiro atoms. The van der Waals surface area contributed by atoms with E-state index in [9.17, 15) is 4.79 Å². The molecule has 0 bridgehead atoms. The molecule has 142 valence electrons. The van der Waals surface area contributed by atoms with Crippen molar-refractivity contribution in [2.45, 2.75) is 53.6 Å². The van der Waals surface area contributed by atoms with Crippen molar-refractivity contribution in [2.75, 3.05) is 19.6 Å². The summed E-state index contributed by atoms with van der Waals surface area (Å²) in [5.41, 5.74) is 1.10. The maximum atomic E-state index is 12.1. The van der Waals surface area contributed by atoms with Gasteiger partial charge in [0.05, 0.1) is 6.54 Å². The van der Waals surface area contributed by atoms with Crippen LogP contribution in [0.5, 0.6) is 0 Å². The number of nitrogens with one attached hydrogen (secondary N) is 2. The van der Waals surface area contributed by atoms with Crippen LogP contribution in [0.25, 0.3) is 0 Å². The molecule has 1 aromatic heterocycles. The number of guanidine groups is 1. The molecule has 1 fully saturated rings. The summed E-state index contributed by atoms with van der Waals surface area (Å²) >= 11 is 0. The smallest absolute Gasteiger partial charge is 0.225 e. The third-order valence-corrected chi connectivity index (χ3v) is 4.23. The monoisotopic (exact) mass is 462 g/mol. The minimum atomic E-state index is 0. The van der Waals surface area contributed by atoms with E-state index in [2.05, 4.69) is 15.6 Å². The summed E-state index contributed by atoms with van der Waals surface area (Å²) in [4.78, 5) is 18.7. The molecule has 6 nitrogen and oxygen atoms in total. The Morgan fingerprint density at radius 2 is 2.16 bits per heavy atom. The fourth-order valence-corrected chi connectivity index (χ4v) is 2.96.